The molecule has 0 bridgehead atoms. The van der Waals surface area contributed by atoms with Gasteiger partial charge in [0.15, 0.2) is 0 Å². The molecule has 0 amide bonds. The van der Waals surface area contributed by atoms with Crippen molar-refractivity contribution >= 4 is 0 Å². The molecule has 0 N–H and O–H groups in total. The van der Waals surface area contributed by atoms with E-state index in [2.05, 4.69) is 26.0 Å². The molecule has 0 heterocycles. The first-order chi connectivity index (χ1) is 6.91. The summed E-state index contributed by atoms with van der Waals surface area (Å²) >= 11 is 0. The number of rotatable bonds is 10. The lowest BCUT2D eigenvalue weighted by Crippen LogP contribution is -1.76. The Labute approximate surface area is 90.8 Å². The maximum absolute atomic E-state index is 2.38. The zero-order valence-electron chi connectivity index (χ0n) is 10.2. The summed E-state index contributed by atoms with van der Waals surface area (Å²) in [5.74, 6) is 0. The lowest BCUT2D eigenvalue weighted by Gasteiger charge is -1.96. The number of allylic oxidation sites excluding steroid dienone is 2. The molecular weight excluding hydrogens is 168 g/mol. The van der Waals surface area contributed by atoms with Gasteiger partial charge in [-0.3, -0.25) is 0 Å². The van der Waals surface area contributed by atoms with Crippen LogP contribution in [0.1, 0.15) is 78.1 Å². The van der Waals surface area contributed by atoms with Gasteiger partial charge in [0, 0.05) is 0 Å². The van der Waals surface area contributed by atoms with Gasteiger partial charge >= 0.3 is 0 Å². The van der Waals surface area contributed by atoms with Crippen LogP contribution >= 0.6 is 0 Å². The summed E-state index contributed by atoms with van der Waals surface area (Å²) in [6.07, 6.45) is 18.5. The van der Waals surface area contributed by atoms with Crippen molar-refractivity contribution in [3.8, 4) is 0 Å². The minimum Gasteiger partial charge on any atom is -0.0885 e. The minimum atomic E-state index is 1.29. The van der Waals surface area contributed by atoms with E-state index >= 15 is 0 Å². The summed E-state index contributed by atoms with van der Waals surface area (Å²) in [5, 5.41) is 0. The normalized spacial score (nSPS) is 11.3. The fourth-order valence-electron chi connectivity index (χ4n) is 1.61. The van der Waals surface area contributed by atoms with Crippen LogP contribution in [-0.4, -0.2) is 0 Å². The Balaban J connectivity index is 2.96. The molecule has 0 heteroatoms. The summed E-state index contributed by atoms with van der Waals surface area (Å²) in [7, 11) is 0. The van der Waals surface area contributed by atoms with Gasteiger partial charge in [-0.1, -0.05) is 64.5 Å². The van der Waals surface area contributed by atoms with Crippen molar-refractivity contribution in [2.75, 3.05) is 0 Å². The molecule has 0 fully saturated rings. The van der Waals surface area contributed by atoms with Crippen LogP contribution in [0.25, 0.3) is 0 Å². The second-order valence-electron chi connectivity index (χ2n) is 4.17. The first kappa shape index (κ1) is 13.7. The Morgan fingerprint density at radius 1 is 0.571 bits per heavy atom. The van der Waals surface area contributed by atoms with Gasteiger partial charge in [0.1, 0.15) is 0 Å². The minimum absolute atomic E-state index is 1.29. The lowest BCUT2D eigenvalue weighted by molar-refractivity contribution is 0.636. The van der Waals surface area contributed by atoms with E-state index in [-0.39, 0.29) is 0 Å². The standard InChI is InChI=1S/C14H28/c1-3-5-7-9-11-13-14-12-10-8-6-4-2/h11,13H,3-10,12,14H2,1-2H3. The molecule has 0 aliphatic heterocycles. The van der Waals surface area contributed by atoms with Crippen molar-refractivity contribution in [1.82, 2.24) is 0 Å². The monoisotopic (exact) mass is 196 g/mol. The molecular formula is C14H28. The van der Waals surface area contributed by atoms with Crippen LogP contribution in [-0.2, 0) is 0 Å². The molecule has 0 nitrogen and oxygen atoms in total. The molecule has 0 radical (unpaired) electrons. The van der Waals surface area contributed by atoms with E-state index in [0.29, 0.717) is 0 Å². The van der Waals surface area contributed by atoms with Crippen molar-refractivity contribution in [3.05, 3.63) is 12.2 Å². The largest absolute Gasteiger partial charge is 0.0885 e. The maximum atomic E-state index is 2.38. The molecule has 0 unspecified atom stereocenters. The maximum Gasteiger partial charge on any atom is -0.0351 e. The molecule has 14 heavy (non-hydrogen) atoms. The molecule has 0 spiro atoms. The predicted octanol–water partition coefficient (Wildman–Crippen LogP) is 5.48. The summed E-state index contributed by atoms with van der Waals surface area (Å²) in [4.78, 5) is 0. The fourth-order valence-corrected chi connectivity index (χ4v) is 1.61. The average molecular weight is 196 g/mol. The Morgan fingerprint density at radius 2 is 1.00 bits per heavy atom. The summed E-state index contributed by atoms with van der Waals surface area (Å²) in [5.41, 5.74) is 0. The van der Waals surface area contributed by atoms with Crippen LogP contribution in [0, 0.1) is 0 Å². The summed E-state index contributed by atoms with van der Waals surface area (Å²) < 4.78 is 0. The third-order valence-corrected chi connectivity index (χ3v) is 2.62. The molecule has 0 aromatic rings. The molecule has 0 aliphatic carbocycles. The smallest absolute Gasteiger partial charge is 0.0351 e. The van der Waals surface area contributed by atoms with E-state index < -0.39 is 0 Å². The topological polar surface area (TPSA) is 0 Å². The lowest BCUT2D eigenvalue weighted by atomic mass is 10.1. The molecule has 0 aromatic carbocycles. The van der Waals surface area contributed by atoms with Gasteiger partial charge in [-0.05, 0) is 25.7 Å². The van der Waals surface area contributed by atoms with Gasteiger partial charge in [0.2, 0.25) is 0 Å². The van der Waals surface area contributed by atoms with Gasteiger partial charge in [0.25, 0.3) is 0 Å². The van der Waals surface area contributed by atoms with Crippen LogP contribution in [0.4, 0.5) is 0 Å². The number of hydrogen-bond donors (Lipinski definition) is 0. The summed E-state index contributed by atoms with van der Waals surface area (Å²) in [6.45, 7) is 4.53. The van der Waals surface area contributed by atoms with E-state index in [9.17, 15) is 0 Å². The third kappa shape index (κ3) is 11.7. The zero-order chi connectivity index (χ0) is 10.5. The highest BCUT2D eigenvalue weighted by molar-refractivity contribution is 4.81. The summed E-state index contributed by atoms with van der Waals surface area (Å²) in [6, 6.07) is 0. The molecule has 0 saturated carbocycles. The Morgan fingerprint density at radius 3 is 1.57 bits per heavy atom. The molecule has 0 atom stereocenters. The van der Waals surface area contributed by atoms with E-state index in [4.69, 9.17) is 0 Å². The SMILES string of the molecule is CCCCCC=CCCCCCCC. The quantitative estimate of drug-likeness (QED) is 0.320. The van der Waals surface area contributed by atoms with E-state index in [1.165, 1.54) is 64.2 Å². The molecule has 84 valence electrons. The van der Waals surface area contributed by atoms with Gasteiger partial charge < -0.3 is 0 Å². The highest BCUT2D eigenvalue weighted by Gasteiger charge is 1.86. The molecule has 0 aromatic heterocycles. The first-order valence-electron chi connectivity index (χ1n) is 6.56. The van der Waals surface area contributed by atoms with Crippen molar-refractivity contribution in [1.29, 1.82) is 0 Å². The van der Waals surface area contributed by atoms with Crippen molar-refractivity contribution < 1.29 is 0 Å². The van der Waals surface area contributed by atoms with Crippen LogP contribution in [0.2, 0.25) is 0 Å². The van der Waals surface area contributed by atoms with Gasteiger partial charge in [-0.25, -0.2) is 0 Å². The van der Waals surface area contributed by atoms with Crippen molar-refractivity contribution in [2.24, 2.45) is 0 Å². The molecule has 0 saturated heterocycles. The van der Waals surface area contributed by atoms with E-state index in [1.54, 1.807) is 0 Å². The predicted molar refractivity (Wildman–Crippen MR) is 66.7 cm³/mol. The first-order valence-corrected chi connectivity index (χ1v) is 6.56. The fraction of sp³-hybridized carbons (Fsp3) is 0.857. The van der Waals surface area contributed by atoms with E-state index in [1.807, 2.05) is 0 Å². The average Bonchev–Trinajstić information content (AvgIpc) is 2.21. The number of hydrogen-bond acceptors (Lipinski definition) is 0. The highest BCUT2D eigenvalue weighted by Crippen LogP contribution is 2.06. The van der Waals surface area contributed by atoms with Crippen molar-refractivity contribution in [2.45, 2.75) is 78.1 Å². The third-order valence-electron chi connectivity index (χ3n) is 2.62. The highest BCUT2D eigenvalue weighted by atomic mass is 13.9. The van der Waals surface area contributed by atoms with Gasteiger partial charge in [-0.2, -0.15) is 0 Å². The van der Waals surface area contributed by atoms with Crippen LogP contribution in [0.3, 0.4) is 0 Å². The second-order valence-corrected chi connectivity index (χ2v) is 4.17. The Bertz CT molecular complexity index is 113. The second kappa shape index (κ2) is 12.7. The number of unbranched alkanes of at least 4 members (excludes halogenated alkanes) is 8. The van der Waals surface area contributed by atoms with Crippen molar-refractivity contribution in [3.63, 3.8) is 0 Å². The van der Waals surface area contributed by atoms with Crippen LogP contribution in [0.15, 0.2) is 12.2 Å². The Hall–Kier alpha value is -0.260. The van der Waals surface area contributed by atoms with Gasteiger partial charge in [0.05, 0.1) is 0 Å². The molecule has 0 aliphatic rings. The Kier molecular flexibility index (Phi) is 12.5. The van der Waals surface area contributed by atoms with Crippen LogP contribution < -0.4 is 0 Å². The molecule has 0 rings (SSSR count). The zero-order valence-corrected chi connectivity index (χ0v) is 10.2. The van der Waals surface area contributed by atoms with Gasteiger partial charge in [-0.15, -0.1) is 0 Å². The van der Waals surface area contributed by atoms with Crippen LogP contribution in [0.5, 0.6) is 0 Å². The van der Waals surface area contributed by atoms with E-state index in [0.717, 1.165) is 0 Å².